The standard InChI is InChI=1S/C10H21N2O/c1-8(2)10(13)11-6-9(7-11)12(3,4)5/h8-9H,6-7H2,1-5H3/q+1. The third-order valence-electron chi connectivity index (χ3n) is 2.76. The van der Waals surface area contributed by atoms with E-state index in [4.69, 9.17) is 0 Å². The minimum Gasteiger partial charge on any atom is -0.330 e. The fourth-order valence-corrected chi connectivity index (χ4v) is 1.49. The molecule has 1 aliphatic heterocycles. The molecule has 0 spiro atoms. The van der Waals surface area contributed by atoms with Gasteiger partial charge < -0.3 is 9.38 Å². The molecule has 0 aromatic rings. The quantitative estimate of drug-likeness (QED) is 0.576. The van der Waals surface area contributed by atoms with Crippen molar-refractivity contribution in [1.29, 1.82) is 0 Å². The number of quaternary nitrogens is 1. The van der Waals surface area contributed by atoms with Gasteiger partial charge in [-0.2, -0.15) is 0 Å². The molecule has 1 rings (SSSR count). The molecule has 1 aliphatic rings. The molecule has 13 heavy (non-hydrogen) atoms. The molecular weight excluding hydrogens is 164 g/mol. The van der Waals surface area contributed by atoms with Gasteiger partial charge in [0.2, 0.25) is 5.91 Å². The summed E-state index contributed by atoms with van der Waals surface area (Å²) in [5.74, 6) is 0.443. The third-order valence-corrected chi connectivity index (χ3v) is 2.76. The van der Waals surface area contributed by atoms with Gasteiger partial charge in [0.1, 0.15) is 6.04 Å². The third kappa shape index (κ3) is 2.21. The van der Waals surface area contributed by atoms with Crippen molar-refractivity contribution >= 4 is 5.91 Å². The molecule has 1 heterocycles. The monoisotopic (exact) mass is 185 g/mol. The van der Waals surface area contributed by atoms with Gasteiger partial charge in [0, 0.05) is 5.92 Å². The SMILES string of the molecule is CC(C)C(=O)N1CC([N+](C)(C)C)C1. The minimum absolute atomic E-state index is 0.147. The van der Waals surface area contributed by atoms with Gasteiger partial charge in [0.15, 0.2) is 0 Å². The summed E-state index contributed by atoms with van der Waals surface area (Å²) in [6.07, 6.45) is 0. The highest BCUT2D eigenvalue weighted by atomic mass is 16.2. The van der Waals surface area contributed by atoms with Crippen LogP contribution in [0.1, 0.15) is 13.8 Å². The first-order valence-corrected chi connectivity index (χ1v) is 4.92. The number of carbonyl (C=O) groups excluding carboxylic acids is 1. The van der Waals surface area contributed by atoms with Crippen LogP contribution < -0.4 is 0 Å². The van der Waals surface area contributed by atoms with Crippen LogP contribution in [0.4, 0.5) is 0 Å². The Morgan fingerprint density at radius 3 is 2.08 bits per heavy atom. The van der Waals surface area contributed by atoms with Crippen molar-refractivity contribution in [3.8, 4) is 0 Å². The van der Waals surface area contributed by atoms with Gasteiger partial charge in [0.25, 0.3) is 0 Å². The Balaban J connectivity index is 2.38. The number of hydrogen-bond donors (Lipinski definition) is 0. The highest BCUT2D eigenvalue weighted by Crippen LogP contribution is 2.18. The normalized spacial score (nSPS) is 19.1. The fraction of sp³-hybridized carbons (Fsp3) is 0.900. The summed E-state index contributed by atoms with van der Waals surface area (Å²) in [5.41, 5.74) is 0. The lowest BCUT2D eigenvalue weighted by Gasteiger charge is -2.47. The smallest absolute Gasteiger partial charge is 0.225 e. The number of carbonyl (C=O) groups is 1. The Morgan fingerprint density at radius 1 is 1.31 bits per heavy atom. The summed E-state index contributed by atoms with van der Waals surface area (Å²) < 4.78 is 0.960. The molecule has 1 saturated heterocycles. The van der Waals surface area contributed by atoms with Crippen LogP contribution in [-0.4, -0.2) is 55.6 Å². The van der Waals surface area contributed by atoms with Crippen molar-refractivity contribution in [2.75, 3.05) is 34.2 Å². The van der Waals surface area contributed by atoms with Crippen molar-refractivity contribution < 1.29 is 9.28 Å². The van der Waals surface area contributed by atoms with Gasteiger partial charge in [-0.15, -0.1) is 0 Å². The number of amides is 1. The largest absolute Gasteiger partial charge is 0.330 e. The van der Waals surface area contributed by atoms with Crippen LogP contribution in [0.3, 0.4) is 0 Å². The lowest BCUT2D eigenvalue weighted by atomic mass is 10.0. The van der Waals surface area contributed by atoms with Crippen LogP contribution in [0.15, 0.2) is 0 Å². The first-order valence-electron chi connectivity index (χ1n) is 4.92. The van der Waals surface area contributed by atoms with Gasteiger partial charge in [-0.25, -0.2) is 0 Å². The highest BCUT2D eigenvalue weighted by molar-refractivity contribution is 5.78. The molecule has 0 aromatic carbocycles. The summed E-state index contributed by atoms with van der Waals surface area (Å²) >= 11 is 0. The zero-order valence-corrected chi connectivity index (χ0v) is 9.37. The zero-order valence-electron chi connectivity index (χ0n) is 9.37. The Morgan fingerprint density at radius 2 is 1.77 bits per heavy atom. The molecule has 3 heteroatoms. The highest BCUT2D eigenvalue weighted by Gasteiger charge is 2.39. The van der Waals surface area contributed by atoms with Crippen LogP contribution in [-0.2, 0) is 4.79 Å². The molecule has 1 amide bonds. The lowest BCUT2D eigenvalue weighted by Crippen LogP contribution is -2.65. The van der Waals surface area contributed by atoms with E-state index in [-0.39, 0.29) is 5.92 Å². The predicted octanol–water partition coefficient (Wildman–Crippen LogP) is 0.559. The van der Waals surface area contributed by atoms with E-state index in [1.54, 1.807) is 0 Å². The molecule has 76 valence electrons. The molecular formula is C10H21N2O+. The van der Waals surface area contributed by atoms with Crippen LogP contribution in [0, 0.1) is 5.92 Å². The van der Waals surface area contributed by atoms with E-state index in [0.29, 0.717) is 11.9 Å². The van der Waals surface area contributed by atoms with Gasteiger partial charge in [-0.3, -0.25) is 4.79 Å². The van der Waals surface area contributed by atoms with E-state index in [1.807, 2.05) is 18.7 Å². The maximum Gasteiger partial charge on any atom is 0.225 e. The van der Waals surface area contributed by atoms with Crippen molar-refractivity contribution in [3.05, 3.63) is 0 Å². The molecule has 0 N–H and O–H groups in total. The maximum atomic E-state index is 11.5. The van der Waals surface area contributed by atoms with Crippen LogP contribution >= 0.6 is 0 Å². The fourth-order valence-electron chi connectivity index (χ4n) is 1.49. The molecule has 3 nitrogen and oxygen atoms in total. The molecule has 0 radical (unpaired) electrons. The number of likely N-dealkylation sites (N-methyl/N-ethyl adjacent to an activating group) is 1. The molecule has 0 unspecified atom stereocenters. The van der Waals surface area contributed by atoms with Crippen molar-refractivity contribution in [3.63, 3.8) is 0 Å². The second-order valence-electron chi connectivity index (χ2n) is 5.17. The van der Waals surface area contributed by atoms with Crippen LogP contribution in [0.5, 0.6) is 0 Å². The second kappa shape index (κ2) is 3.29. The average Bonchev–Trinajstić information content (AvgIpc) is 1.79. The minimum atomic E-state index is 0.147. The summed E-state index contributed by atoms with van der Waals surface area (Å²) in [4.78, 5) is 13.5. The number of nitrogens with zero attached hydrogens (tertiary/aromatic N) is 2. The summed E-state index contributed by atoms with van der Waals surface area (Å²) in [5, 5.41) is 0. The van der Waals surface area contributed by atoms with Crippen molar-refractivity contribution in [2.24, 2.45) is 5.92 Å². The lowest BCUT2D eigenvalue weighted by molar-refractivity contribution is -0.900. The zero-order chi connectivity index (χ0) is 10.2. The van der Waals surface area contributed by atoms with E-state index in [9.17, 15) is 4.79 Å². The first-order chi connectivity index (χ1) is 5.82. The van der Waals surface area contributed by atoms with Gasteiger partial charge in [-0.05, 0) is 0 Å². The van der Waals surface area contributed by atoms with E-state index in [1.165, 1.54) is 0 Å². The molecule has 0 saturated carbocycles. The molecule has 0 aromatic heterocycles. The molecule has 0 atom stereocenters. The number of hydrogen-bond acceptors (Lipinski definition) is 1. The van der Waals surface area contributed by atoms with Gasteiger partial charge in [-0.1, -0.05) is 13.8 Å². The Kier molecular flexibility index (Phi) is 2.66. The average molecular weight is 185 g/mol. The van der Waals surface area contributed by atoms with Crippen LogP contribution in [0.25, 0.3) is 0 Å². The molecule has 1 fully saturated rings. The second-order valence-corrected chi connectivity index (χ2v) is 5.17. The topological polar surface area (TPSA) is 20.3 Å². The summed E-state index contributed by atoms with van der Waals surface area (Å²) in [6.45, 7) is 5.78. The first kappa shape index (κ1) is 10.5. The van der Waals surface area contributed by atoms with Gasteiger partial charge in [0.05, 0.1) is 34.2 Å². The Labute approximate surface area is 80.9 Å². The maximum absolute atomic E-state index is 11.5. The summed E-state index contributed by atoms with van der Waals surface area (Å²) in [7, 11) is 6.55. The van der Waals surface area contributed by atoms with Gasteiger partial charge >= 0.3 is 0 Å². The van der Waals surface area contributed by atoms with Crippen molar-refractivity contribution in [1.82, 2.24) is 4.90 Å². The van der Waals surface area contributed by atoms with E-state index in [2.05, 4.69) is 21.1 Å². The molecule has 0 aliphatic carbocycles. The number of rotatable bonds is 2. The van der Waals surface area contributed by atoms with E-state index < -0.39 is 0 Å². The molecule has 0 bridgehead atoms. The Bertz CT molecular complexity index is 199. The van der Waals surface area contributed by atoms with E-state index >= 15 is 0 Å². The van der Waals surface area contributed by atoms with Crippen LogP contribution in [0.2, 0.25) is 0 Å². The Hall–Kier alpha value is -0.570. The van der Waals surface area contributed by atoms with Crippen molar-refractivity contribution in [2.45, 2.75) is 19.9 Å². The number of likely N-dealkylation sites (tertiary alicyclic amines) is 1. The summed E-state index contributed by atoms with van der Waals surface area (Å²) in [6, 6.07) is 0.627. The van der Waals surface area contributed by atoms with E-state index in [0.717, 1.165) is 17.6 Å². The predicted molar refractivity (Wildman–Crippen MR) is 53.2 cm³/mol.